The number of aromatic nitrogens is 1. The van der Waals surface area contributed by atoms with Gasteiger partial charge in [-0.15, -0.1) is 0 Å². The van der Waals surface area contributed by atoms with Crippen molar-refractivity contribution in [3.63, 3.8) is 0 Å². The number of benzene rings is 2. The van der Waals surface area contributed by atoms with Gasteiger partial charge < -0.3 is 15.5 Å². The Bertz CT molecular complexity index is 807. The summed E-state index contributed by atoms with van der Waals surface area (Å²) in [4.78, 5) is 17.1. The molecule has 0 aliphatic carbocycles. The molecule has 3 aromatic rings. The van der Waals surface area contributed by atoms with Crippen LogP contribution in [0.1, 0.15) is 65.8 Å². The molecule has 1 atom stereocenters. The summed E-state index contributed by atoms with van der Waals surface area (Å²) in [5.74, 6) is 0.120. The number of unbranched alkanes of at least 4 members (excludes halogenated alkanes) is 1. The first-order valence-electron chi connectivity index (χ1n) is 9.30. The van der Waals surface area contributed by atoms with Crippen molar-refractivity contribution in [1.82, 2.24) is 10.3 Å². The summed E-state index contributed by atoms with van der Waals surface area (Å²) in [6.07, 6.45) is 4.21. The van der Waals surface area contributed by atoms with Crippen molar-refractivity contribution in [2.75, 3.05) is 0 Å². The van der Waals surface area contributed by atoms with Gasteiger partial charge in [-0.3, -0.25) is 4.79 Å². The van der Waals surface area contributed by atoms with Gasteiger partial charge in [0.05, 0.1) is 12.1 Å². The lowest BCUT2D eigenvalue weighted by atomic mass is 9.98. The molecular weight excluding hydrogens is 338 g/mol. The quantitative estimate of drug-likeness (QED) is 0.622. The van der Waals surface area contributed by atoms with Crippen molar-refractivity contribution >= 4 is 5.91 Å². The van der Waals surface area contributed by atoms with Crippen LogP contribution in [-0.4, -0.2) is 10.9 Å². The van der Waals surface area contributed by atoms with E-state index in [1.165, 1.54) is 6.26 Å². The van der Waals surface area contributed by atoms with E-state index in [1.807, 2.05) is 60.7 Å². The van der Waals surface area contributed by atoms with Gasteiger partial charge in [0.25, 0.3) is 5.91 Å². The van der Waals surface area contributed by atoms with Crippen LogP contribution in [-0.2, 0) is 0 Å². The van der Waals surface area contributed by atoms with Crippen molar-refractivity contribution < 1.29 is 9.21 Å². The number of amides is 1. The second-order valence-electron chi connectivity index (χ2n) is 6.55. The Labute approximate surface area is 159 Å². The number of nitrogens with one attached hydrogen (secondary N) is 1. The second kappa shape index (κ2) is 9.14. The van der Waals surface area contributed by atoms with Gasteiger partial charge in [-0.25, -0.2) is 4.98 Å². The minimum Gasteiger partial charge on any atom is -0.446 e. The van der Waals surface area contributed by atoms with Gasteiger partial charge >= 0.3 is 0 Å². The van der Waals surface area contributed by atoms with Gasteiger partial charge in [0.1, 0.15) is 6.26 Å². The normalized spacial score (nSPS) is 12.1. The number of nitrogens with two attached hydrogens (primary N) is 1. The SMILES string of the molecule is CCCCC(N)c1nc(C(=O)NC(c2ccccc2)c2ccccc2)co1. The highest BCUT2D eigenvalue weighted by Gasteiger charge is 2.21. The van der Waals surface area contributed by atoms with E-state index in [9.17, 15) is 4.79 Å². The third kappa shape index (κ3) is 4.83. The van der Waals surface area contributed by atoms with Crippen LogP contribution in [0.2, 0.25) is 0 Å². The molecule has 1 aromatic heterocycles. The average molecular weight is 363 g/mol. The first kappa shape index (κ1) is 18.9. The van der Waals surface area contributed by atoms with Gasteiger partial charge in [-0.05, 0) is 17.5 Å². The summed E-state index contributed by atoms with van der Waals surface area (Å²) >= 11 is 0. The van der Waals surface area contributed by atoms with Gasteiger partial charge in [-0.2, -0.15) is 0 Å². The predicted molar refractivity (Wildman–Crippen MR) is 105 cm³/mol. The molecule has 0 saturated carbocycles. The van der Waals surface area contributed by atoms with E-state index in [-0.39, 0.29) is 23.7 Å². The molecule has 0 bridgehead atoms. The molecule has 27 heavy (non-hydrogen) atoms. The number of carbonyl (C=O) groups excluding carboxylic acids is 1. The second-order valence-corrected chi connectivity index (χ2v) is 6.55. The summed E-state index contributed by atoms with van der Waals surface area (Å²) in [7, 11) is 0. The smallest absolute Gasteiger partial charge is 0.273 e. The molecule has 3 N–H and O–H groups in total. The Morgan fingerprint density at radius 3 is 2.22 bits per heavy atom. The molecule has 0 radical (unpaired) electrons. The Morgan fingerprint density at radius 2 is 1.67 bits per heavy atom. The van der Waals surface area contributed by atoms with Crippen LogP contribution < -0.4 is 11.1 Å². The first-order valence-corrected chi connectivity index (χ1v) is 9.30. The zero-order valence-corrected chi connectivity index (χ0v) is 15.5. The van der Waals surface area contributed by atoms with Gasteiger partial charge in [0, 0.05) is 0 Å². The molecule has 1 heterocycles. The number of rotatable bonds is 8. The van der Waals surface area contributed by atoms with E-state index in [4.69, 9.17) is 10.2 Å². The van der Waals surface area contributed by atoms with Crippen LogP contribution >= 0.6 is 0 Å². The minimum absolute atomic E-state index is 0.244. The van der Waals surface area contributed by atoms with Crippen LogP contribution in [0.25, 0.3) is 0 Å². The van der Waals surface area contributed by atoms with E-state index < -0.39 is 0 Å². The third-order valence-corrected chi connectivity index (χ3v) is 4.48. The van der Waals surface area contributed by atoms with E-state index in [0.29, 0.717) is 5.89 Å². The topological polar surface area (TPSA) is 81.1 Å². The summed E-state index contributed by atoms with van der Waals surface area (Å²) in [5.41, 5.74) is 8.34. The van der Waals surface area contributed by atoms with Crippen LogP contribution in [0.15, 0.2) is 71.3 Å². The molecule has 0 fully saturated rings. The number of hydrogen-bond acceptors (Lipinski definition) is 4. The lowest BCUT2D eigenvalue weighted by molar-refractivity contribution is 0.0938. The fraction of sp³-hybridized carbons (Fsp3) is 0.273. The molecule has 3 rings (SSSR count). The van der Waals surface area contributed by atoms with Gasteiger partial charge in [0.15, 0.2) is 5.69 Å². The molecule has 5 nitrogen and oxygen atoms in total. The fourth-order valence-corrected chi connectivity index (χ4v) is 2.96. The van der Waals surface area contributed by atoms with Crippen molar-refractivity contribution in [3.8, 4) is 0 Å². The fourth-order valence-electron chi connectivity index (χ4n) is 2.96. The molecule has 0 saturated heterocycles. The molecule has 0 aliphatic heterocycles. The third-order valence-electron chi connectivity index (χ3n) is 4.48. The van der Waals surface area contributed by atoms with Crippen LogP contribution in [0.5, 0.6) is 0 Å². The highest BCUT2D eigenvalue weighted by molar-refractivity contribution is 5.92. The van der Waals surface area contributed by atoms with Crippen molar-refractivity contribution in [2.45, 2.75) is 38.3 Å². The maximum absolute atomic E-state index is 12.8. The lowest BCUT2D eigenvalue weighted by Crippen LogP contribution is -2.29. The van der Waals surface area contributed by atoms with Gasteiger partial charge in [-0.1, -0.05) is 80.4 Å². The summed E-state index contributed by atoms with van der Waals surface area (Å²) in [5, 5.41) is 3.06. The highest BCUT2D eigenvalue weighted by atomic mass is 16.3. The number of carbonyl (C=O) groups is 1. The number of nitrogens with zero attached hydrogens (tertiary/aromatic N) is 1. The van der Waals surface area contributed by atoms with Crippen molar-refractivity contribution in [3.05, 3.63) is 89.6 Å². The Hall–Kier alpha value is -2.92. The predicted octanol–water partition coefficient (Wildman–Crippen LogP) is 4.38. The van der Waals surface area contributed by atoms with Crippen LogP contribution in [0, 0.1) is 0 Å². The van der Waals surface area contributed by atoms with Gasteiger partial charge in [0.2, 0.25) is 5.89 Å². The Morgan fingerprint density at radius 1 is 1.07 bits per heavy atom. The molecule has 1 unspecified atom stereocenters. The lowest BCUT2D eigenvalue weighted by Gasteiger charge is -2.19. The van der Waals surface area contributed by atoms with Crippen LogP contribution in [0.4, 0.5) is 0 Å². The summed E-state index contributed by atoms with van der Waals surface area (Å²) in [6.45, 7) is 2.11. The van der Waals surface area contributed by atoms with Crippen LogP contribution in [0.3, 0.4) is 0 Å². The molecule has 0 aliphatic rings. The maximum atomic E-state index is 12.8. The minimum atomic E-state index is -0.287. The largest absolute Gasteiger partial charge is 0.446 e. The zero-order valence-electron chi connectivity index (χ0n) is 15.5. The standard InChI is InChI=1S/C22H25N3O2/c1-2-3-14-18(23)22-24-19(15-27-22)21(26)25-20(16-10-6-4-7-11-16)17-12-8-5-9-13-17/h4-13,15,18,20H,2-3,14,23H2,1H3,(H,25,26). The maximum Gasteiger partial charge on any atom is 0.273 e. The zero-order chi connectivity index (χ0) is 19.1. The van der Waals surface area contributed by atoms with Crippen molar-refractivity contribution in [2.24, 2.45) is 5.73 Å². The molecule has 140 valence electrons. The highest BCUT2D eigenvalue weighted by Crippen LogP contribution is 2.23. The molecule has 5 heteroatoms. The van der Waals surface area contributed by atoms with E-state index in [0.717, 1.165) is 30.4 Å². The average Bonchev–Trinajstić information content (AvgIpc) is 3.22. The molecule has 2 aromatic carbocycles. The number of oxazole rings is 1. The summed E-state index contributed by atoms with van der Waals surface area (Å²) in [6, 6.07) is 19.1. The Balaban J connectivity index is 1.78. The van der Waals surface area contributed by atoms with E-state index in [2.05, 4.69) is 17.2 Å². The van der Waals surface area contributed by atoms with E-state index >= 15 is 0 Å². The molecular formula is C22H25N3O2. The molecule has 1 amide bonds. The summed E-state index contributed by atoms with van der Waals surface area (Å²) < 4.78 is 5.44. The first-order chi connectivity index (χ1) is 13.2. The monoisotopic (exact) mass is 363 g/mol. The van der Waals surface area contributed by atoms with Crippen molar-refractivity contribution in [1.29, 1.82) is 0 Å². The Kier molecular flexibility index (Phi) is 6.39. The molecule has 0 spiro atoms. The van der Waals surface area contributed by atoms with E-state index in [1.54, 1.807) is 0 Å². The number of hydrogen-bond donors (Lipinski definition) is 2.